The summed E-state index contributed by atoms with van der Waals surface area (Å²) in [5.74, 6) is -0.802. The van der Waals surface area contributed by atoms with E-state index in [2.05, 4.69) is 15.6 Å². The summed E-state index contributed by atoms with van der Waals surface area (Å²) in [6, 6.07) is 6.10. The van der Waals surface area contributed by atoms with Crippen molar-refractivity contribution >= 4 is 35.0 Å². The highest BCUT2D eigenvalue weighted by Crippen LogP contribution is 2.47. The van der Waals surface area contributed by atoms with Gasteiger partial charge in [-0.2, -0.15) is 13.2 Å². The van der Waals surface area contributed by atoms with Crippen LogP contribution < -0.4 is 15.4 Å². The first-order chi connectivity index (χ1) is 16.4. The van der Waals surface area contributed by atoms with E-state index in [1.54, 1.807) is 12.1 Å². The average Bonchev–Trinajstić information content (AvgIpc) is 2.80. The van der Waals surface area contributed by atoms with Crippen molar-refractivity contribution in [3.63, 3.8) is 0 Å². The summed E-state index contributed by atoms with van der Waals surface area (Å²) in [5, 5.41) is 17.1. The molecule has 2 aromatic rings. The largest absolute Gasteiger partial charge is 0.484 e. The molecule has 188 valence electrons. The summed E-state index contributed by atoms with van der Waals surface area (Å²) in [6.45, 7) is -0.296. The number of aliphatic hydroxyl groups is 1. The molecule has 1 heterocycles. The van der Waals surface area contributed by atoms with Gasteiger partial charge in [-0.05, 0) is 56.4 Å². The van der Waals surface area contributed by atoms with Crippen molar-refractivity contribution in [3.8, 4) is 5.75 Å². The van der Waals surface area contributed by atoms with Gasteiger partial charge >= 0.3 is 6.18 Å². The summed E-state index contributed by atoms with van der Waals surface area (Å²) in [7, 11) is 0. The molecule has 2 amide bonds. The van der Waals surface area contributed by atoms with Crippen LogP contribution in [0.2, 0.25) is 10.0 Å². The average molecular weight is 532 g/mol. The van der Waals surface area contributed by atoms with Gasteiger partial charge in [-0.15, -0.1) is 0 Å². The number of rotatable bonds is 6. The first-order valence-corrected chi connectivity index (χ1v) is 11.6. The molecular formula is C23H22Cl2F3N3O4. The topological polar surface area (TPSA) is 101 Å². The third kappa shape index (κ3) is 5.49. The van der Waals surface area contributed by atoms with Crippen LogP contribution >= 0.6 is 23.2 Å². The van der Waals surface area contributed by atoms with Gasteiger partial charge in [-0.25, -0.2) is 0 Å². The molecule has 12 heteroatoms. The Labute approximate surface area is 209 Å². The van der Waals surface area contributed by atoms with Crippen molar-refractivity contribution in [3.05, 3.63) is 57.8 Å². The lowest BCUT2D eigenvalue weighted by molar-refractivity contribution is -0.137. The smallest absolute Gasteiger partial charge is 0.416 e. The zero-order chi connectivity index (χ0) is 25.4. The summed E-state index contributed by atoms with van der Waals surface area (Å²) in [6.07, 6.45) is -2.85. The van der Waals surface area contributed by atoms with Crippen molar-refractivity contribution in [2.75, 3.05) is 6.61 Å². The number of nitrogens with one attached hydrogen (secondary N) is 2. The number of carbonyl (C=O) groups excluding carboxylic acids is 2. The Kier molecular flexibility index (Phi) is 6.91. The number of benzene rings is 1. The quantitative estimate of drug-likeness (QED) is 0.519. The van der Waals surface area contributed by atoms with E-state index in [-0.39, 0.29) is 23.7 Å². The van der Waals surface area contributed by atoms with Crippen molar-refractivity contribution in [2.24, 2.45) is 0 Å². The Morgan fingerprint density at radius 3 is 2.43 bits per heavy atom. The van der Waals surface area contributed by atoms with Gasteiger partial charge in [0.25, 0.3) is 11.8 Å². The molecular weight excluding hydrogens is 510 g/mol. The van der Waals surface area contributed by atoms with E-state index in [1.807, 2.05) is 0 Å². The normalized spacial score (nSPS) is 25.7. The van der Waals surface area contributed by atoms with Crippen LogP contribution in [-0.4, -0.2) is 45.7 Å². The van der Waals surface area contributed by atoms with Gasteiger partial charge in [-0.1, -0.05) is 23.2 Å². The molecule has 3 aliphatic rings. The van der Waals surface area contributed by atoms with Gasteiger partial charge in [0, 0.05) is 17.8 Å². The van der Waals surface area contributed by atoms with Crippen LogP contribution in [0.1, 0.15) is 48.2 Å². The number of nitrogens with zero attached hydrogens (tertiary/aromatic N) is 1. The fraction of sp³-hybridized carbons (Fsp3) is 0.435. The van der Waals surface area contributed by atoms with Crippen molar-refractivity contribution in [1.82, 2.24) is 15.6 Å². The molecule has 0 spiro atoms. The van der Waals surface area contributed by atoms with E-state index >= 15 is 0 Å². The molecule has 1 aromatic carbocycles. The van der Waals surface area contributed by atoms with Gasteiger partial charge in [0.05, 0.1) is 27.3 Å². The standard InChI is InChI=1S/C23H22Cl2F3N3O4/c24-15-2-1-14(10-16(15)25)35-12-19(33)30-22-6-4-21(5-7-22,11-18(22)32)31-20(34)17-9-13(3-8-29-17)23(26,27)28/h1-3,8-10,18,32H,4-7,11-12H2,(H,30,33)(H,31,34)/t18-,21?,22?/m0/s1. The van der Waals surface area contributed by atoms with Crippen molar-refractivity contribution in [1.29, 1.82) is 0 Å². The van der Waals surface area contributed by atoms with Gasteiger partial charge in [0.2, 0.25) is 0 Å². The number of hydrogen-bond acceptors (Lipinski definition) is 5. The second-order valence-corrected chi connectivity index (χ2v) is 9.77. The summed E-state index contributed by atoms with van der Waals surface area (Å²) < 4.78 is 44.4. The summed E-state index contributed by atoms with van der Waals surface area (Å²) >= 11 is 11.8. The molecule has 0 radical (unpaired) electrons. The minimum absolute atomic E-state index is 0.144. The van der Waals surface area contributed by atoms with Crippen LogP contribution in [-0.2, 0) is 11.0 Å². The molecule has 2 bridgehead atoms. The van der Waals surface area contributed by atoms with E-state index in [0.717, 1.165) is 12.3 Å². The highest BCUT2D eigenvalue weighted by Gasteiger charge is 2.55. The zero-order valence-electron chi connectivity index (χ0n) is 18.3. The maximum Gasteiger partial charge on any atom is 0.416 e. The number of fused-ring (bicyclic) bond motifs is 3. The number of carbonyl (C=O) groups is 2. The molecule has 1 atom stereocenters. The third-order valence-corrected chi connectivity index (χ3v) is 7.41. The van der Waals surface area contributed by atoms with Gasteiger partial charge in [0.15, 0.2) is 6.61 Å². The molecule has 3 saturated carbocycles. The molecule has 3 fully saturated rings. The van der Waals surface area contributed by atoms with E-state index in [4.69, 9.17) is 27.9 Å². The first-order valence-electron chi connectivity index (χ1n) is 10.8. The number of ether oxygens (including phenoxy) is 1. The lowest BCUT2D eigenvalue weighted by atomic mass is 9.60. The molecule has 0 aliphatic heterocycles. The van der Waals surface area contributed by atoms with Gasteiger partial charge < -0.3 is 20.5 Å². The number of aromatic nitrogens is 1. The fourth-order valence-electron chi connectivity index (χ4n) is 4.73. The first kappa shape index (κ1) is 25.5. The van der Waals surface area contributed by atoms with E-state index in [1.165, 1.54) is 6.07 Å². The Morgan fingerprint density at radius 2 is 1.80 bits per heavy atom. The lowest BCUT2D eigenvalue weighted by Crippen LogP contribution is -2.70. The Morgan fingerprint density at radius 1 is 1.09 bits per heavy atom. The molecule has 1 aromatic heterocycles. The molecule has 7 nitrogen and oxygen atoms in total. The van der Waals surface area contributed by atoms with E-state index in [0.29, 0.717) is 42.5 Å². The van der Waals surface area contributed by atoms with Gasteiger partial charge in [0.1, 0.15) is 11.4 Å². The van der Waals surface area contributed by atoms with Crippen LogP contribution in [0.5, 0.6) is 5.75 Å². The molecule has 0 unspecified atom stereocenters. The van der Waals surface area contributed by atoms with Crippen LogP contribution in [0.4, 0.5) is 13.2 Å². The highest BCUT2D eigenvalue weighted by molar-refractivity contribution is 6.42. The minimum Gasteiger partial charge on any atom is -0.484 e. The molecule has 3 aliphatic carbocycles. The highest BCUT2D eigenvalue weighted by atomic mass is 35.5. The summed E-state index contributed by atoms with van der Waals surface area (Å²) in [4.78, 5) is 29.0. The Balaban J connectivity index is 1.36. The second-order valence-electron chi connectivity index (χ2n) is 8.95. The van der Waals surface area contributed by atoms with Crippen LogP contribution in [0.25, 0.3) is 0 Å². The Bertz CT molecular complexity index is 1140. The number of hydrogen-bond donors (Lipinski definition) is 3. The Hall–Kier alpha value is -2.56. The van der Waals surface area contributed by atoms with Crippen LogP contribution in [0, 0.1) is 0 Å². The monoisotopic (exact) mass is 531 g/mol. The number of alkyl halides is 3. The third-order valence-electron chi connectivity index (χ3n) is 6.67. The number of aliphatic hydroxyl groups excluding tert-OH is 1. The molecule has 35 heavy (non-hydrogen) atoms. The van der Waals surface area contributed by atoms with Crippen LogP contribution in [0.15, 0.2) is 36.5 Å². The van der Waals surface area contributed by atoms with Crippen molar-refractivity contribution < 1.29 is 32.6 Å². The maximum atomic E-state index is 13.0. The van der Waals surface area contributed by atoms with Crippen molar-refractivity contribution in [2.45, 2.75) is 55.5 Å². The fourth-order valence-corrected chi connectivity index (χ4v) is 5.02. The number of pyridine rings is 1. The lowest BCUT2D eigenvalue weighted by Gasteiger charge is -2.56. The van der Waals surface area contributed by atoms with E-state index < -0.39 is 40.7 Å². The predicted molar refractivity (Wildman–Crippen MR) is 121 cm³/mol. The number of halogens is 5. The SMILES string of the molecule is O=C(COc1ccc(Cl)c(Cl)c1)NC12CCC(NC(=O)c3cc(C(F)(F)F)ccn3)(CC1)C[C@@H]2O. The number of amides is 2. The van der Waals surface area contributed by atoms with Crippen LogP contribution in [0.3, 0.4) is 0 Å². The van der Waals surface area contributed by atoms with E-state index in [9.17, 15) is 27.9 Å². The molecule has 0 saturated heterocycles. The van der Waals surface area contributed by atoms with Gasteiger partial charge in [-0.3, -0.25) is 14.6 Å². The molecule has 3 N–H and O–H groups in total. The second kappa shape index (κ2) is 9.48. The zero-order valence-corrected chi connectivity index (χ0v) is 19.8. The maximum absolute atomic E-state index is 13.0. The predicted octanol–water partition coefficient (Wildman–Crippen LogP) is 4.15. The minimum atomic E-state index is -4.59. The molecule has 5 rings (SSSR count). The summed E-state index contributed by atoms with van der Waals surface area (Å²) in [5.41, 5.74) is -2.99.